The van der Waals surface area contributed by atoms with Gasteiger partial charge in [0.15, 0.2) is 4.90 Å². The molecule has 0 radical (unpaired) electrons. The summed E-state index contributed by atoms with van der Waals surface area (Å²) in [4.78, 5) is 33.5. The van der Waals surface area contributed by atoms with Crippen LogP contribution in [0, 0.1) is 10.1 Å². The zero-order chi connectivity index (χ0) is 25.3. The second-order valence-electron chi connectivity index (χ2n) is 7.38. The Morgan fingerprint density at radius 1 is 1.09 bits per heavy atom. The number of aliphatic hydroxyl groups excluding tert-OH is 1. The predicted molar refractivity (Wildman–Crippen MR) is 117 cm³/mol. The average Bonchev–Trinajstić information content (AvgIpc) is 3.16. The van der Waals surface area contributed by atoms with Crippen molar-refractivity contribution in [2.45, 2.75) is 35.3 Å². The zero-order valence-electron chi connectivity index (χ0n) is 17.6. The molecule has 0 aromatic heterocycles. The number of carbonyl (C=O) groups excluding carboxylic acids is 2. The van der Waals surface area contributed by atoms with E-state index in [0.29, 0.717) is 4.31 Å². The Morgan fingerprint density at radius 3 is 2.29 bits per heavy atom. The van der Waals surface area contributed by atoms with Crippen LogP contribution in [-0.2, 0) is 29.6 Å². The number of para-hydroxylation sites is 1. The smallest absolute Gasteiger partial charge is 0.289 e. The number of nitro groups is 1. The summed E-state index contributed by atoms with van der Waals surface area (Å²) in [6.07, 6.45) is -1.43. The molecule has 2 aromatic carbocycles. The van der Waals surface area contributed by atoms with Crippen LogP contribution in [0.15, 0.2) is 58.3 Å². The Labute approximate surface area is 194 Å². The number of hydrogen-bond donors (Lipinski definition) is 3. The van der Waals surface area contributed by atoms with Crippen molar-refractivity contribution in [2.75, 3.05) is 11.9 Å². The zero-order valence-corrected chi connectivity index (χ0v) is 19.2. The molecule has 1 aliphatic rings. The maximum atomic E-state index is 13.1. The van der Waals surface area contributed by atoms with Crippen molar-refractivity contribution >= 4 is 43.2 Å². The lowest BCUT2D eigenvalue weighted by Crippen LogP contribution is -2.43. The Morgan fingerprint density at radius 2 is 1.71 bits per heavy atom. The Balaban J connectivity index is 1.85. The van der Waals surface area contributed by atoms with E-state index < -0.39 is 66.1 Å². The maximum absolute atomic E-state index is 13.1. The van der Waals surface area contributed by atoms with Gasteiger partial charge >= 0.3 is 0 Å². The molecule has 1 heterocycles. The van der Waals surface area contributed by atoms with Crippen LogP contribution in [0.4, 0.5) is 11.4 Å². The molecule has 1 fully saturated rings. The SMILES string of the molecule is CC(=O)NS(=O)(=O)c1ccc(NC(=O)C2CC(O)CN2S(=O)(=O)c2ccccc2[N+](=O)[O-])cc1. The largest absolute Gasteiger partial charge is 0.392 e. The first kappa shape index (κ1) is 25.2. The molecule has 0 aliphatic carbocycles. The van der Waals surface area contributed by atoms with Gasteiger partial charge in [-0.3, -0.25) is 19.7 Å². The number of benzene rings is 2. The molecule has 1 aliphatic heterocycles. The van der Waals surface area contributed by atoms with Crippen molar-refractivity contribution in [1.29, 1.82) is 0 Å². The third kappa shape index (κ3) is 5.22. The number of β-amino-alcohol motifs (C(OH)–C–C–N with tert-alkyl or cyclic N) is 1. The van der Waals surface area contributed by atoms with Crippen LogP contribution in [0.25, 0.3) is 0 Å². The Hall–Kier alpha value is -3.40. The number of anilines is 1. The van der Waals surface area contributed by atoms with Crippen LogP contribution in [0.2, 0.25) is 0 Å². The van der Waals surface area contributed by atoms with Gasteiger partial charge in [0.05, 0.1) is 15.9 Å². The number of rotatable bonds is 7. The predicted octanol–water partition coefficient (Wildman–Crippen LogP) is 0.182. The van der Waals surface area contributed by atoms with E-state index >= 15 is 0 Å². The normalized spacial score (nSPS) is 18.9. The van der Waals surface area contributed by atoms with Crippen molar-refractivity contribution in [3.8, 4) is 0 Å². The molecule has 3 N–H and O–H groups in total. The molecule has 0 spiro atoms. The van der Waals surface area contributed by atoms with Crippen LogP contribution in [-0.4, -0.2) is 61.7 Å². The molecule has 1 saturated heterocycles. The van der Waals surface area contributed by atoms with Gasteiger partial charge in [-0.05, 0) is 30.3 Å². The van der Waals surface area contributed by atoms with E-state index in [1.807, 2.05) is 0 Å². The van der Waals surface area contributed by atoms with Crippen LogP contribution in [0.1, 0.15) is 13.3 Å². The molecule has 0 bridgehead atoms. The molecule has 2 amide bonds. The van der Waals surface area contributed by atoms with Crippen molar-refractivity contribution < 1.29 is 36.5 Å². The molecule has 2 unspecified atom stereocenters. The summed E-state index contributed by atoms with van der Waals surface area (Å²) in [7, 11) is -8.61. The van der Waals surface area contributed by atoms with E-state index in [-0.39, 0.29) is 17.0 Å². The van der Waals surface area contributed by atoms with Crippen LogP contribution in [0.3, 0.4) is 0 Å². The van der Waals surface area contributed by atoms with Crippen LogP contribution >= 0.6 is 0 Å². The molecule has 15 heteroatoms. The lowest BCUT2D eigenvalue weighted by molar-refractivity contribution is -0.387. The number of amides is 2. The highest BCUT2D eigenvalue weighted by molar-refractivity contribution is 7.90. The third-order valence-corrected chi connectivity index (χ3v) is 8.27. The molecule has 3 rings (SSSR count). The van der Waals surface area contributed by atoms with E-state index in [1.54, 1.807) is 4.72 Å². The highest BCUT2D eigenvalue weighted by Crippen LogP contribution is 2.32. The molecular weight excluding hydrogens is 492 g/mol. The van der Waals surface area contributed by atoms with E-state index in [4.69, 9.17) is 0 Å². The average molecular weight is 513 g/mol. The summed E-state index contributed by atoms with van der Waals surface area (Å²) in [5.41, 5.74) is -0.546. The third-order valence-electron chi connectivity index (χ3n) is 4.90. The van der Waals surface area contributed by atoms with Crippen molar-refractivity contribution in [3.05, 3.63) is 58.6 Å². The standard InChI is InChI=1S/C19H20N4O9S2/c1-12(24)21-33(29,30)15-8-6-13(7-9-15)20-19(26)17-10-14(25)11-22(17)34(31,32)18-5-3-2-4-16(18)23(27)28/h2-9,14,17,25H,10-11H2,1H3,(H,20,26)(H,21,24). The van der Waals surface area contributed by atoms with Gasteiger partial charge < -0.3 is 10.4 Å². The van der Waals surface area contributed by atoms with Gasteiger partial charge in [0.2, 0.25) is 11.8 Å². The van der Waals surface area contributed by atoms with Gasteiger partial charge in [-0.25, -0.2) is 21.6 Å². The molecule has 13 nitrogen and oxygen atoms in total. The fraction of sp³-hybridized carbons (Fsp3) is 0.263. The number of nitrogens with one attached hydrogen (secondary N) is 2. The molecule has 2 aromatic rings. The fourth-order valence-corrected chi connectivity index (χ4v) is 6.22. The van der Waals surface area contributed by atoms with E-state index in [0.717, 1.165) is 31.2 Å². The van der Waals surface area contributed by atoms with Gasteiger partial charge in [-0.1, -0.05) is 12.1 Å². The lowest BCUT2D eigenvalue weighted by atomic mass is 10.2. The van der Waals surface area contributed by atoms with Gasteiger partial charge in [-0.15, -0.1) is 0 Å². The van der Waals surface area contributed by atoms with Crippen LogP contribution in [0.5, 0.6) is 0 Å². The minimum atomic E-state index is -4.52. The molecule has 2 atom stereocenters. The topological polar surface area (TPSA) is 193 Å². The highest BCUT2D eigenvalue weighted by Gasteiger charge is 2.45. The van der Waals surface area contributed by atoms with Crippen LogP contribution < -0.4 is 10.0 Å². The first-order valence-corrected chi connectivity index (χ1v) is 12.6. The minimum Gasteiger partial charge on any atom is -0.392 e. The first-order valence-electron chi connectivity index (χ1n) is 9.70. The van der Waals surface area contributed by atoms with Gasteiger partial charge in [0.1, 0.15) is 6.04 Å². The highest BCUT2D eigenvalue weighted by atomic mass is 32.2. The summed E-state index contributed by atoms with van der Waals surface area (Å²) >= 11 is 0. The summed E-state index contributed by atoms with van der Waals surface area (Å²) in [6, 6.07) is 8.03. The summed E-state index contributed by atoms with van der Waals surface area (Å²) < 4.78 is 52.8. The second-order valence-corrected chi connectivity index (χ2v) is 10.9. The number of hydrogen-bond acceptors (Lipinski definition) is 9. The summed E-state index contributed by atoms with van der Waals surface area (Å²) in [6.45, 7) is 0.590. The van der Waals surface area contributed by atoms with Crippen molar-refractivity contribution in [1.82, 2.24) is 9.03 Å². The van der Waals surface area contributed by atoms with E-state index in [2.05, 4.69) is 5.32 Å². The quantitative estimate of drug-likeness (QED) is 0.343. The fourth-order valence-electron chi connectivity index (χ4n) is 3.43. The van der Waals surface area contributed by atoms with Crippen molar-refractivity contribution in [3.63, 3.8) is 0 Å². The Bertz CT molecular complexity index is 1340. The van der Waals surface area contributed by atoms with Crippen molar-refractivity contribution in [2.24, 2.45) is 0 Å². The first-order chi connectivity index (χ1) is 15.8. The summed E-state index contributed by atoms with van der Waals surface area (Å²) in [5, 5.41) is 23.8. The monoisotopic (exact) mass is 512 g/mol. The number of nitro benzene ring substituents is 1. The van der Waals surface area contributed by atoms with Gasteiger partial charge in [0, 0.05) is 31.6 Å². The number of sulfonamides is 2. The molecule has 0 saturated carbocycles. The molecule has 182 valence electrons. The second kappa shape index (κ2) is 9.46. The molecule has 34 heavy (non-hydrogen) atoms. The summed E-state index contributed by atoms with van der Waals surface area (Å²) in [5.74, 6) is -1.60. The van der Waals surface area contributed by atoms with Gasteiger partial charge in [-0.2, -0.15) is 4.31 Å². The number of nitrogens with zero attached hydrogens (tertiary/aromatic N) is 2. The van der Waals surface area contributed by atoms with E-state index in [1.165, 1.54) is 24.3 Å². The lowest BCUT2D eigenvalue weighted by Gasteiger charge is -2.23. The minimum absolute atomic E-state index is 0.121. The van der Waals surface area contributed by atoms with Gasteiger partial charge in [0.25, 0.3) is 25.7 Å². The number of aliphatic hydroxyl groups is 1. The van der Waals surface area contributed by atoms with E-state index in [9.17, 15) is 41.6 Å². The maximum Gasteiger partial charge on any atom is 0.289 e. The Kier molecular flexibility index (Phi) is 7.02. The number of carbonyl (C=O) groups is 2. The molecular formula is C19H20N4O9S2.